The summed E-state index contributed by atoms with van der Waals surface area (Å²) in [7, 11) is 0. The van der Waals surface area contributed by atoms with Crippen molar-refractivity contribution in [3.8, 4) is 6.07 Å². The van der Waals surface area contributed by atoms with E-state index in [1.165, 1.54) is 0 Å². The maximum atomic E-state index is 13.5. The van der Waals surface area contributed by atoms with Crippen molar-refractivity contribution in [1.82, 2.24) is 25.3 Å². The number of rotatable bonds is 8. The van der Waals surface area contributed by atoms with Gasteiger partial charge in [-0.25, -0.2) is 0 Å². The lowest BCUT2D eigenvalue weighted by atomic mass is 9.77. The normalized spacial score (nSPS) is 23.3. The summed E-state index contributed by atoms with van der Waals surface area (Å²) < 4.78 is 0. The lowest BCUT2D eigenvalue weighted by molar-refractivity contribution is -0.133. The molecule has 5 fully saturated rings. The number of amides is 3. The molecule has 0 saturated carbocycles. The fourth-order valence-corrected chi connectivity index (χ4v) is 9.69. The molecule has 2 aromatic carbocycles. The maximum absolute atomic E-state index is 13.5. The third-order valence-electron chi connectivity index (χ3n) is 12.8. The third kappa shape index (κ3) is 8.27. The van der Waals surface area contributed by atoms with E-state index < -0.39 is 6.04 Å². The van der Waals surface area contributed by atoms with E-state index in [1.807, 2.05) is 47.4 Å². The summed E-state index contributed by atoms with van der Waals surface area (Å²) in [6, 6.07) is 19.9. The highest BCUT2D eigenvalue weighted by molar-refractivity contribution is 6.32. The van der Waals surface area contributed by atoms with E-state index in [-0.39, 0.29) is 23.1 Å². The van der Waals surface area contributed by atoms with Crippen LogP contribution < -0.4 is 25.3 Å². The first kappa shape index (κ1) is 38.0. The fourth-order valence-electron chi connectivity index (χ4n) is 9.48. The summed E-state index contributed by atoms with van der Waals surface area (Å²) >= 11 is 6.37. The number of piperidine rings is 3. The number of halogens is 1. The van der Waals surface area contributed by atoms with Crippen molar-refractivity contribution in [3.05, 3.63) is 70.9 Å². The van der Waals surface area contributed by atoms with Crippen LogP contribution in [0.3, 0.4) is 0 Å². The number of imide groups is 1. The Morgan fingerprint density at radius 2 is 1.71 bits per heavy atom. The zero-order valence-corrected chi connectivity index (χ0v) is 32.9. The van der Waals surface area contributed by atoms with E-state index in [1.54, 1.807) is 0 Å². The van der Waals surface area contributed by atoms with Crippen molar-refractivity contribution in [2.24, 2.45) is 11.3 Å². The second kappa shape index (κ2) is 16.3. The van der Waals surface area contributed by atoms with Crippen LogP contribution in [0.2, 0.25) is 5.02 Å². The van der Waals surface area contributed by atoms with Gasteiger partial charge in [-0.3, -0.25) is 24.6 Å². The summed E-state index contributed by atoms with van der Waals surface area (Å²) in [5.41, 5.74) is 4.24. The second-order valence-corrected chi connectivity index (χ2v) is 16.8. The van der Waals surface area contributed by atoms with Crippen LogP contribution in [0, 0.1) is 22.7 Å². The zero-order valence-electron chi connectivity index (χ0n) is 32.1. The number of anilines is 4. The van der Waals surface area contributed by atoms with Gasteiger partial charge in [0.15, 0.2) is 11.5 Å². The van der Waals surface area contributed by atoms with Gasteiger partial charge in [0.25, 0.3) is 5.91 Å². The van der Waals surface area contributed by atoms with Crippen LogP contribution in [0.4, 0.5) is 22.9 Å². The smallest absolute Gasteiger partial charge is 0.274 e. The molecule has 6 heterocycles. The SMILES string of the molecule is C[C@@H]1CC2(CCN(c3ccc(C(=O)N4CCC(CN5CCN(c6cccc(N[C@H]7CCC(=O)NC7=O)c6)CC5)CC4)nn3)CC2)CN1c1ccc(C#N)c(Cl)c1. The van der Waals surface area contributed by atoms with Gasteiger partial charge in [0.2, 0.25) is 11.8 Å². The highest BCUT2D eigenvalue weighted by Crippen LogP contribution is 2.45. The molecule has 0 aliphatic carbocycles. The summed E-state index contributed by atoms with van der Waals surface area (Å²) in [6.45, 7) is 11.4. The van der Waals surface area contributed by atoms with Gasteiger partial charge in [0, 0.05) is 95.0 Å². The molecule has 5 aliphatic heterocycles. The second-order valence-electron chi connectivity index (χ2n) is 16.4. The Balaban J connectivity index is 0.762. The molecule has 1 spiro atoms. The Morgan fingerprint density at radius 3 is 2.41 bits per heavy atom. The molecule has 2 atom stereocenters. The molecule has 1 aromatic heterocycles. The number of carbonyl (C=O) groups is 3. The van der Waals surface area contributed by atoms with Gasteiger partial charge >= 0.3 is 0 Å². The number of nitrogens with one attached hydrogen (secondary N) is 2. The molecule has 3 amide bonds. The van der Waals surface area contributed by atoms with Crippen LogP contribution in [0.1, 0.15) is 67.9 Å². The van der Waals surface area contributed by atoms with Crippen LogP contribution in [0.25, 0.3) is 0 Å². The number of nitriles is 1. The topological polar surface area (TPSA) is 141 Å². The molecule has 14 heteroatoms. The van der Waals surface area contributed by atoms with Crippen molar-refractivity contribution in [2.45, 2.75) is 64.0 Å². The predicted molar refractivity (Wildman–Crippen MR) is 217 cm³/mol. The van der Waals surface area contributed by atoms with Gasteiger partial charge in [-0.1, -0.05) is 17.7 Å². The molecule has 5 aliphatic rings. The van der Waals surface area contributed by atoms with Gasteiger partial charge in [-0.2, -0.15) is 5.26 Å². The molecule has 0 bridgehead atoms. The van der Waals surface area contributed by atoms with E-state index in [0.717, 1.165) is 120 Å². The number of hydrogen-bond donors (Lipinski definition) is 2. The lowest BCUT2D eigenvalue weighted by Gasteiger charge is -2.40. The van der Waals surface area contributed by atoms with Crippen molar-refractivity contribution < 1.29 is 14.4 Å². The van der Waals surface area contributed by atoms with E-state index in [0.29, 0.717) is 41.1 Å². The highest BCUT2D eigenvalue weighted by atomic mass is 35.5. The van der Waals surface area contributed by atoms with Crippen LogP contribution in [-0.4, -0.2) is 115 Å². The Morgan fingerprint density at radius 1 is 0.929 bits per heavy atom. The minimum atomic E-state index is -0.396. The van der Waals surface area contributed by atoms with Crippen LogP contribution in [0.15, 0.2) is 54.6 Å². The summed E-state index contributed by atoms with van der Waals surface area (Å²) in [4.78, 5) is 48.8. The Labute approximate surface area is 333 Å². The molecule has 5 saturated heterocycles. The van der Waals surface area contributed by atoms with Crippen LogP contribution in [0.5, 0.6) is 0 Å². The zero-order chi connectivity index (χ0) is 38.8. The minimum Gasteiger partial charge on any atom is -0.374 e. The average Bonchev–Trinajstić information content (AvgIpc) is 3.54. The summed E-state index contributed by atoms with van der Waals surface area (Å²) in [5.74, 6) is 0.875. The lowest BCUT2D eigenvalue weighted by Crippen LogP contribution is -2.49. The van der Waals surface area contributed by atoms with Crippen molar-refractivity contribution >= 4 is 52.2 Å². The molecule has 13 nitrogen and oxygen atoms in total. The number of piperazine rings is 1. The van der Waals surface area contributed by atoms with Crippen molar-refractivity contribution in [1.29, 1.82) is 5.26 Å². The average molecular weight is 779 g/mol. The van der Waals surface area contributed by atoms with E-state index in [4.69, 9.17) is 11.6 Å². The number of carbonyl (C=O) groups excluding carboxylic acids is 3. The number of nitrogens with zero attached hydrogens (tertiary/aromatic N) is 8. The molecule has 294 valence electrons. The number of aromatic nitrogens is 2. The van der Waals surface area contributed by atoms with Crippen LogP contribution in [-0.2, 0) is 9.59 Å². The largest absolute Gasteiger partial charge is 0.374 e. The summed E-state index contributed by atoms with van der Waals surface area (Å²) in [6.07, 6.45) is 6.06. The monoisotopic (exact) mass is 778 g/mol. The molecule has 3 aromatic rings. The number of hydrogen-bond acceptors (Lipinski definition) is 11. The van der Waals surface area contributed by atoms with Gasteiger partial charge in [0.1, 0.15) is 12.1 Å². The fraction of sp³-hybridized carbons (Fsp3) is 0.524. The Kier molecular flexibility index (Phi) is 11.0. The minimum absolute atomic E-state index is 0.0361. The molecule has 8 rings (SSSR count). The number of likely N-dealkylation sites (tertiary alicyclic amines) is 1. The van der Waals surface area contributed by atoms with E-state index in [9.17, 15) is 19.6 Å². The first-order valence-electron chi connectivity index (χ1n) is 20.2. The predicted octanol–water partition coefficient (Wildman–Crippen LogP) is 4.78. The standard InChI is InChI=1S/C42H51ClN10O3/c1-29-25-42(28-53(29)34-6-5-31(26-44)35(43)24-34)13-17-51(18-14-42)38-9-7-37(47-48-38)41(56)52-15-11-30(12-16-52)27-49-19-21-50(22-20-49)33-4-2-3-32(23-33)45-36-8-10-39(54)46-40(36)55/h2-7,9,23-24,29-30,36,45H,8,10-22,25,27-28H2,1H3,(H,46,54,55)/t29-,36+/m1/s1. The Bertz CT molecular complexity index is 1960. The van der Waals surface area contributed by atoms with Gasteiger partial charge < -0.3 is 24.9 Å². The Hall–Kier alpha value is -4.93. The number of benzene rings is 2. The van der Waals surface area contributed by atoms with Gasteiger partial charge in [0.05, 0.1) is 10.6 Å². The highest BCUT2D eigenvalue weighted by Gasteiger charge is 2.44. The van der Waals surface area contributed by atoms with E-state index in [2.05, 4.69) is 65.6 Å². The molecular weight excluding hydrogens is 728 g/mol. The molecule has 2 N–H and O–H groups in total. The molecular formula is C42H51ClN10O3. The first-order valence-corrected chi connectivity index (χ1v) is 20.5. The van der Waals surface area contributed by atoms with E-state index >= 15 is 0 Å². The molecule has 0 radical (unpaired) electrons. The maximum Gasteiger partial charge on any atom is 0.274 e. The molecule has 0 unspecified atom stereocenters. The third-order valence-corrected chi connectivity index (χ3v) is 13.1. The quantitative estimate of drug-likeness (QED) is 0.306. The first-order chi connectivity index (χ1) is 27.1. The van der Waals surface area contributed by atoms with Gasteiger partial charge in [-0.15, -0.1) is 10.2 Å². The van der Waals surface area contributed by atoms with Gasteiger partial charge in [-0.05, 0) is 105 Å². The van der Waals surface area contributed by atoms with Crippen molar-refractivity contribution in [2.75, 3.05) is 85.5 Å². The van der Waals surface area contributed by atoms with Crippen LogP contribution >= 0.6 is 11.6 Å². The summed E-state index contributed by atoms with van der Waals surface area (Å²) in [5, 5.41) is 24.4. The van der Waals surface area contributed by atoms with Crippen molar-refractivity contribution in [3.63, 3.8) is 0 Å². The molecule has 56 heavy (non-hydrogen) atoms.